The molecule has 1 aliphatic carbocycles. The topological polar surface area (TPSA) is 57.5 Å². The molecule has 3 atom stereocenters. The molecule has 0 aromatic rings. The third-order valence-electron chi connectivity index (χ3n) is 1.96. The minimum atomic E-state index is -2.41. The number of rotatable bonds is 2. The maximum atomic E-state index is 10.5. The van der Waals surface area contributed by atoms with Crippen LogP contribution < -0.4 is 0 Å². The van der Waals surface area contributed by atoms with Gasteiger partial charge in [0.05, 0.1) is 0 Å². The summed E-state index contributed by atoms with van der Waals surface area (Å²) >= 11 is 0. The van der Waals surface area contributed by atoms with Gasteiger partial charge in [0.15, 0.2) is 0 Å². The van der Waals surface area contributed by atoms with E-state index in [4.69, 9.17) is 4.89 Å². The largest absolute Gasteiger partial charge is 0.537 e. The molecule has 0 aromatic carbocycles. The van der Waals surface area contributed by atoms with Crippen molar-refractivity contribution in [1.82, 2.24) is 0 Å². The molecule has 2 N–H and O–H groups in total. The summed E-state index contributed by atoms with van der Waals surface area (Å²) in [6.45, 7) is 0. The Kier molecular flexibility index (Phi) is 6.65. The van der Waals surface area contributed by atoms with Crippen LogP contribution in [0.2, 0.25) is 0 Å². The summed E-state index contributed by atoms with van der Waals surface area (Å²) in [6.07, 6.45) is 6.44. The Morgan fingerprint density at radius 3 is 2.58 bits per heavy atom. The molecule has 63 valence electrons. The number of aliphatic hydroxyl groups is 1. The van der Waals surface area contributed by atoms with E-state index in [1.54, 1.807) is 0 Å². The first-order valence-electron chi connectivity index (χ1n) is 3.70. The van der Waals surface area contributed by atoms with Crippen LogP contribution >= 0.6 is 8.03 Å². The Balaban J connectivity index is 0.00000121. The van der Waals surface area contributed by atoms with Crippen molar-refractivity contribution in [2.45, 2.75) is 25.1 Å². The van der Waals surface area contributed by atoms with E-state index in [0.29, 0.717) is 0 Å². The van der Waals surface area contributed by atoms with Crippen molar-refractivity contribution >= 4 is 37.6 Å². The first kappa shape index (κ1) is 12.8. The molecule has 0 aliphatic heterocycles. The van der Waals surface area contributed by atoms with E-state index in [1.807, 2.05) is 12.2 Å². The second kappa shape index (κ2) is 6.25. The van der Waals surface area contributed by atoms with Gasteiger partial charge in [-0.2, -0.15) is 4.89 Å². The normalized spacial score (nSPS) is 25.8. The summed E-state index contributed by atoms with van der Waals surface area (Å²) in [5.41, 5.74) is 0. The van der Waals surface area contributed by atoms with Crippen LogP contribution in [-0.4, -0.2) is 45.4 Å². The van der Waals surface area contributed by atoms with E-state index < -0.39 is 13.9 Å². The van der Waals surface area contributed by atoms with Gasteiger partial charge in [0.25, 0.3) is 5.85 Å². The van der Waals surface area contributed by atoms with Crippen molar-refractivity contribution in [3.8, 4) is 0 Å². The molecular formula is C7H12NaO3P+. The average Bonchev–Trinajstić information content (AvgIpc) is 2.05. The summed E-state index contributed by atoms with van der Waals surface area (Å²) in [4.78, 5) is 8.61. The van der Waals surface area contributed by atoms with Crippen LogP contribution in [0.15, 0.2) is 12.2 Å². The zero-order chi connectivity index (χ0) is 8.27. The van der Waals surface area contributed by atoms with Gasteiger partial charge in [-0.25, -0.2) is 0 Å². The Bertz CT molecular complexity index is 183. The third kappa shape index (κ3) is 3.65. The summed E-state index contributed by atoms with van der Waals surface area (Å²) in [5.74, 6) is -1.05. The summed E-state index contributed by atoms with van der Waals surface area (Å²) in [6, 6.07) is 0. The Hall–Kier alpha value is 0.760. The SMILES string of the molecule is O=[P+](O)C(O)C1CC=CCC1.[Na]. The van der Waals surface area contributed by atoms with Crippen LogP contribution in [-0.2, 0) is 4.57 Å². The van der Waals surface area contributed by atoms with Crippen molar-refractivity contribution < 1.29 is 14.6 Å². The fourth-order valence-corrected chi connectivity index (χ4v) is 1.90. The molecule has 0 aromatic heterocycles. The summed E-state index contributed by atoms with van der Waals surface area (Å²) < 4.78 is 10.5. The van der Waals surface area contributed by atoms with Crippen LogP contribution in [0.3, 0.4) is 0 Å². The molecular weight excluding hydrogens is 186 g/mol. The monoisotopic (exact) mass is 198 g/mol. The van der Waals surface area contributed by atoms with Gasteiger partial charge in [0, 0.05) is 35.5 Å². The van der Waals surface area contributed by atoms with E-state index in [0.717, 1.165) is 19.3 Å². The van der Waals surface area contributed by atoms with Crippen LogP contribution in [0.1, 0.15) is 19.3 Å². The van der Waals surface area contributed by atoms with Gasteiger partial charge >= 0.3 is 8.03 Å². The molecule has 0 heterocycles. The van der Waals surface area contributed by atoms with Crippen molar-refractivity contribution in [3.05, 3.63) is 12.2 Å². The summed E-state index contributed by atoms with van der Waals surface area (Å²) in [7, 11) is -2.41. The molecule has 1 aliphatic rings. The van der Waals surface area contributed by atoms with Crippen molar-refractivity contribution in [1.29, 1.82) is 0 Å². The minimum absolute atomic E-state index is 0. The standard InChI is InChI=1S/C7H11O3P.Na/c8-7(11(9)10)6-4-2-1-3-5-6;/h1-2,6-8H,3-5H2;/p+1. The van der Waals surface area contributed by atoms with E-state index in [9.17, 15) is 9.67 Å². The average molecular weight is 198 g/mol. The van der Waals surface area contributed by atoms with Crippen molar-refractivity contribution in [3.63, 3.8) is 0 Å². The van der Waals surface area contributed by atoms with Crippen LogP contribution in [0.4, 0.5) is 0 Å². The molecule has 0 amide bonds. The molecule has 0 saturated heterocycles. The van der Waals surface area contributed by atoms with Crippen molar-refractivity contribution in [2.24, 2.45) is 5.92 Å². The maximum Gasteiger partial charge on any atom is 0.537 e. The Morgan fingerprint density at radius 1 is 1.50 bits per heavy atom. The van der Waals surface area contributed by atoms with E-state index in [-0.39, 0.29) is 35.5 Å². The molecule has 0 spiro atoms. The number of hydrogen-bond acceptors (Lipinski definition) is 2. The van der Waals surface area contributed by atoms with Crippen LogP contribution in [0.25, 0.3) is 0 Å². The predicted molar refractivity (Wildman–Crippen MR) is 48.1 cm³/mol. The Labute approximate surface area is 95.0 Å². The van der Waals surface area contributed by atoms with Gasteiger partial charge in [-0.1, -0.05) is 12.2 Å². The molecule has 0 saturated carbocycles. The fourth-order valence-electron chi connectivity index (χ4n) is 1.27. The first-order chi connectivity index (χ1) is 5.22. The molecule has 12 heavy (non-hydrogen) atoms. The quantitative estimate of drug-likeness (QED) is 0.395. The van der Waals surface area contributed by atoms with E-state index >= 15 is 0 Å². The number of hydrogen-bond donors (Lipinski definition) is 2. The van der Waals surface area contributed by atoms with Crippen LogP contribution in [0.5, 0.6) is 0 Å². The van der Waals surface area contributed by atoms with E-state index in [1.165, 1.54) is 0 Å². The molecule has 3 unspecified atom stereocenters. The van der Waals surface area contributed by atoms with Crippen LogP contribution in [0, 0.1) is 5.92 Å². The molecule has 5 heteroatoms. The zero-order valence-corrected chi connectivity index (χ0v) is 10.1. The minimum Gasteiger partial charge on any atom is -0.348 e. The van der Waals surface area contributed by atoms with Gasteiger partial charge in [0.1, 0.15) is 0 Å². The third-order valence-corrected chi connectivity index (χ3v) is 2.83. The number of allylic oxidation sites excluding steroid dienone is 2. The van der Waals surface area contributed by atoms with Crippen molar-refractivity contribution in [2.75, 3.05) is 0 Å². The van der Waals surface area contributed by atoms with Gasteiger partial charge in [-0.3, -0.25) is 0 Å². The predicted octanol–water partition coefficient (Wildman–Crippen LogP) is 1.01. The van der Waals surface area contributed by atoms with Gasteiger partial charge in [0.2, 0.25) is 0 Å². The molecule has 1 rings (SSSR count). The maximum absolute atomic E-state index is 10.5. The second-order valence-electron chi connectivity index (χ2n) is 2.76. The van der Waals surface area contributed by atoms with E-state index in [2.05, 4.69) is 0 Å². The van der Waals surface area contributed by atoms with Gasteiger partial charge < -0.3 is 5.11 Å². The molecule has 3 nitrogen and oxygen atoms in total. The molecule has 0 fully saturated rings. The Morgan fingerprint density at radius 2 is 2.17 bits per heavy atom. The van der Waals surface area contributed by atoms with Gasteiger partial charge in [-0.15, -0.1) is 0 Å². The number of aliphatic hydroxyl groups excluding tert-OH is 1. The summed E-state index contributed by atoms with van der Waals surface area (Å²) in [5, 5.41) is 9.18. The molecule has 0 bridgehead atoms. The smallest absolute Gasteiger partial charge is 0.348 e. The molecule has 1 radical (unpaired) electrons. The fraction of sp³-hybridized carbons (Fsp3) is 0.714. The second-order valence-corrected chi connectivity index (χ2v) is 3.89. The first-order valence-corrected chi connectivity index (χ1v) is 4.98. The zero-order valence-electron chi connectivity index (χ0n) is 7.18. The van der Waals surface area contributed by atoms with Gasteiger partial charge in [-0.05, 0) is 23.8 Å².